The Morgan fingerprint density at radius 1 is 1.14 bits per heavy atom. The maximum atomic E-state index is 11.1. The molecule has 0 aromatic rings. The quantitative estimate of drug-likeness (QED) is 0.543. The van der Waals surface area contributed by atoms with Gasteiger partial charge < -0.3 is 0 Å². The summed E-state index contributed by atoms with van der Waals surface area (Å²) >= 11 is 0.0255. The molecule has 0 nitrogen and oxygen atoms in total. The zero-order valence-corrected chi connectivity index (χ0v) is 7.19. The molecule has 0 aliphatic heterocycles. The van der Waals surface area contributed by atoms with Crippen molar-refractivity contribution < 1.29 is 31.5 Å². The van der Waals surface area contributed by atoms with E-state index in [2.05, 4.69) is 0 Å². The molecular formula is C2H3ClF3Zn. The standard InChI is InChI=1S/C2H2F3.ClH.Zn/c3-1-2(4)5;;/h1-2H;1H;. The van der Waals surface area contributed by atoms with Gasteiger partial charge in [0.15, 0.2) is 0 Å². The van der Waals surface area contributed by atoms with E-state index < -0.39 is 11.2 Å². The maximum absolute atomic E-state index is 11.1. The average molecular weight is 185 g/mol. The van der Waals surface area contributed by atoms with Gasteiger partial charge in [-0.15, -0.1) is 12.4 Å². The second-order valence-corrected chi connectivity index (χ2v) is 2.49. The Hall–Kier alpha value is 0.703. The third-order valence-corrected chi connectivity index (χ3v) is 1.02. The molecule has 0 rings (SSSR count). The van der Waals surface area contributed by atoms with Crippen LogP contribution in [0.5, 0.6) is 0 Å². The van der Waals surface area contributed by atoms with Crippen LogP contribution >= 0.6 is 12.4 Å². The number of hydrogen-bond acceptors (Lipinski definition) is 0. The molecule has 0 saturated heterocycles. The predicted molar refractivity (Wildman–Crippen MR) is 18.1 cm³/mol. The van der Waals surface area contributed by atoms with Crippen LogP contribution in [0.25, 0.3) is 0 Å². The van der Waals surface area contributed by atoms with Crippen LogP contribution < -0.4 is 0 Å². The topological polar surface area (TPSA) is 0 Å². The molecule has 0 spiro atoms. The molecule has 1 atom stereocenters. The van der Waals surface area contributed by atoms with Crippen molar-refractivity contribution in [3.63, 3.8) is 0 Å². The van der Waals surface area contributed by atoms with E-state index in [0.717, 1.165) is 0 Å². The molecule has 0 fully saturated rings. The molecule has 0 bridgehead atoms. The van der Waals surface area contributed by atoms with E-state index in [1.165, 1.54) is 0 Å². The molecular weight excluding hydrogens is 182 g/mol. The molecule has 5 heteroatoms. The van der Waals surface area contributed by atoms with Gasteiger partial charge in [0.2, 0.25) is 0 Å². The predicted octanol–water partition coefficient (Wildman–Crippen LogP) is 1.52. The van der Waals surface area contributed by atoms with Gasteiger partial charge in [-0.25, -0.2) is 0 Å². The summed E-state index contributed by atoms with van der Waals surface area (Å²) in [4.78, 5) is 0. The van der Waals surface area contributed by atoms with Gasteiger partial charge in [-0.3, -0.25) is 0 Å². The Kier molecular flexibility index (Phi) is 7.38. The second-order valence-electron chi connectivity index (χ2n) is 0.850. The van der Waals surface area contributed by atoms with Gasteiger partial charge in [-0.2, -0.15) is 0 Å². The number of hydrogen-bond donors (Lipinski definition) is 0. The third-order valence-electron chi connectivity index (χ3n) is 0.273. The van der Waals surface area contributed by atoms with Crippen LogP contribution in [-0.2, 0) is 18.3 Å². The second kappa shape index (κ2) is 4.85. The SMILES string of the molecule is Cl.FC(F)[CH](F)[Zn]. The van der Waals surface area contributed by atoms with Crippen LogP contribution in [-0.4, -0.2) is 11.2 Å². The zero-order valence-electron chi connectivity index (χ0n) is 3.40. The molecule has 0 aromatic heterocycles. The van der Waals surface area contributed by atoms with Crippen LogP contribution in [0.1, 0.15) is 0 Å². The van der Waals surface area contributed by atoms with E-state index in [9.17, 15) is 13.2 Å². The van der Waals surface area contributed by atoms with Crippen molar-refractivity contribution in [1.82, 2.24) is 0 Å². The first kappa shape index (κ1) is 10.6. The summed E-state index contributed by atoms with van der Waals surface area (Å²) in [7, 11) is 0. The van der Waals surface area contributed by atoms with Gasteiger partial charge in [0.25, 0.3) is 0 Å². The Bertz CT molecular complexity index is 33.9. The van der Waals surface area contributed by atoms with Crippen molar-refractivity contribution in [3.05, 3.63) is 0 Å². The Labute approximate surface area is 55.6 Å². The summed E-state index contributed by atoms with van der Waals surface area (Å²) in [6.07, 6.45) is -2.76. The average Bonchev–Trinajstić information content (AvgIpc) is 1.36. The first-order valence-corrected chi connectivity index (χ1v) is 3.11. The summed E-state index contributed by atoms with van der Waals surface area (Å²) in [5.41, 5.74) is 0. The molecule has 0 heterocycles. The van der Waals surface area contributed by atoms with Gasteiger partial charge in [0.1, 0.15) is 0 Å². The normalized spacial score (nSPS) is 13.4. The van der Waals surface area contributed by atoms with Crippen molar-refractivity contribution in [2.45, 2.75) is 11.2 Å². The summed E-state index contributed by atoms with van der Waals surface area (Å²) in [6.45, 7) is 0. The van der Waals surface area contributed by atoms with Crippen molar-refractivity contribution in [2.75, 3.05) is 0 Å². The van der Waals surface area contributed by atoms with Crippen LogP contribution in [0, 0.1) is 0 Å². The van der Waals surface area contributed by atoms with E-state index in [4.69, 9.17) is 0 Å². The Morgan fingerprint density at radius 3 is 1.29 bits per heavy atom. The van der Waals surface area contributed by atoms with Crippen molar-refractivity contribution in [3.8, 4) is 0 Å². The fourth-order valence-corrected chi connectivity index (χ4v) is 0. The molecule has 0 aliphatic carbocycles. The van der Waals surface area contributed by atoms with Gasteiger partial charge >= 0.3 is 42.7 Å². The van der Waals surface area contributed by atoms with Crippen molar-refractivity contribution >= 4 is 12.4 Å². The molecule has 41 valence electrons. The van der Waals surface area contributed by atoms with Crippen LogP contribution in [0.2, 0.25) is 0 Å². The fourth-order valence-electron chi connectivity index (χ4n) is 0. The summed E-state index contributed by atoms with van der Waals surface area (Å²) < 4.78 is 30.9. The van der Waals surface area contributed by atoms with E-state index in [-0.39, 0.29) is 30.7 Å². The van der Waals surface area contributed by atoms with Gasteiger partial charge in [0.05, 0.1) is 0 Å². The Balaban J connectivity index is 0. The van der Waals surface area contributed by atoms with E-state index in [1.807, 2.05) is 0 Å². The Morgan fingerprint density at radius 2 is 1.29 bits per heavy atom. The summed E-state index contributed by atoms with van der Waals surface area (Å²) in [5.74, 6) is 0. The van der Waals surface area contributed by atoms with Gasteiger partial charge in [-0.05, 0) is 0 Å². The molecule has 0 N–H and O–H groups in total. The van der Waals surface area contributed by atoms with Crippen LogP contribution in [0.4, 0.5) is 13.2 Å². The van der Waals surface area contributed by atoms with Crippen LogP contribution in [0.15, 0.2) is 0 Å². The molecule has 7 heavy (non-hydrogen) atoms. The van der Waals surface area contributed by atoms with Crippen molar-refractivity contribution in [2.24, 2.45) is 0 Å². The first-order valence-electron chi connectivity index (χ1n) is 1.40. The van der Waals surface area contributed by atoms with Crippen molar-refractivity contribution in [1.29, 1.82) is 0 Å². The summed E-state index contributed by atoms with van der Waals surface area (Å²) in [5, 5.41) is 0. The molecule has 0 radical (unpaired) electrons. The zero-order chi connectivity index (χ0) is 5.15. The van der Waals surface area contributed by atoms with Gasteiger partial charge in [0, 0.05) is 0 Å². The number of halogens is 4. The molecule has 1 unspecified atom stereocenters. The molecule has 0 aliphatic rings. The summed E-state index contributed by atoms with van der Waals surface area (Å²) in [6, 6.07) is 0. The number of alkyl halides is 3. The fraction of sp³-hybridized carbons (Fsp3) is 1.00. The molecule has 0 saturated carbocycles. The van der Waals surface area contributed by atoms with E-state index >= 15 is 0 Å². The van der Waals surface area contributed by atoms with Crippen LogP contribution in [0.3, 0.4) is 0 Å². The third kappa shape index (κ3) is 6.70. The monoisotopic (exact) mass is 183 g/mol. The minimum atomic E-state index is -2.76. The molecule has 0 aromatic carbocycles. The van der Waals surface area contributed by atoms with E-state index in [0.29, 0.717) is 0 Å². The van der Waals surface area contributed by atoms with Gasteiger partial charge in [-0.1, -0.05) is 0 Å². The van der Waals surface area contributed by atoms with E-state index in [1.54, 1.807) is 0 Å². The molecule has 0 amide bonds. The first-order chi connectivity index (χ1) is 2.64. The minimum absolute atomic E-state index is 0. The number of rotatable bonds is 1.